The molecule has 2 aromatic carbocycles. The molecule has 7 heteroatoms. The molecule has 1 N–H and O–H groups in total. The molecule has 0 fully saturated rings. The van der Waals surface area contributed by atoms with Crippen molar-refractivity contribution in [2.24, 2.45) is 0 Å². The topological polar surface area (TPSA) is 55.4 Å². The first kappa shape index (κ1) is 20.2. The summed E-state index contributed by atoms with van der Waals surface area (Å²) < 4.78 is 18.6. The Morgan fingerprint density at radius 1 is 1.12 bits per heavy atom. The highest BCUT2D eigenvalue weighted by atomic mass is 35.5. The summed E-state index contributed by atoms with van der Waals surface area (Å²) >= 11 is 11.5. The Hall–Kier alpha value is -2.11. The fourth-order valence-electron chi connectivity index (χ4n) is 2.25. The summed E-state index contributed by atoms with van der Waals surface area (Å²) in [5.74, 6) is -2.05. The molecule has 4 nitrogen and oxygen atoms in total. The van der Waals surface area contributed by atoms with Gasteiger partial charge in [0.1, 0.15) is 5.82 Å². The summed E-state index contributed by atoms with van der Waals surface area (Å²) in [5, 5.41) is 2.48. The molecular weight excluding hydrogens is 380 g/mol. The van der Waals surface area contributed by atoms with Crippen molar-refractivity contribution in [2.75, 3.05) is 6.54 Å². The maximum absolute atomic E-state index is 13.5. The van der Waals surface area contributed by atoms with Gasteiger partial charge in [-0.2, -0.15) is 0 Å². The Balaban J connectivity index is 1.92. The van der Waals surface area contributed by atoms with Gasteiger partial charge in [-0.3, -0.25) is 4.79 Å². The highest BCUT2D eigenvalue weighted by molar-refractivity contribution is 6.36. The lowest BCUT2D eigenvalue weighted by Gasteiger charge is -2.17. The van der Waals surface area contributed by atoms with Gasteiger partial charge in [0.25, 0.3) is 5.91 Å². The average molecular weight is 398 g/mol. The molecule has 0 saturated heterocycles. The number of amides is 1. The lowest BCUT2D eigenvalue weighted by Crippen LogP contribution is -2.37. The van der Waals surface area contributed by atoms with Crippen molar-refractivity contribution < 1.29 is 18.7 Å². The van der Waals surface area contributed by atoms with Crippen LogP contribution in [0.2, 0.25) is 10.0 Å². The Labute approximate surface area is 161 Å². The molecule has 2 atom stereocenters. The van der Waals surface area contributed by atoms with Gasteiger partial charge in [-0.15, -0.1) is 0 Å². The van der Waals surface area contributed by atoms with E-state index in [2.05, 4.69) is 5.32 Å². The summed E-state index contributed by atoms with van der Waals surface area (Å²) in [4.78, 5) is 24.2. The van der Waals surface area contributed by atoms with Crippen LogP contribution in [-0.2, 0) is 9.53 Å². The predicted octanol–water partition coefficient (Wildman–Crippen LogP) is 4.60. The Morgan fingerprint density at radius 2 is 1.77 bits per heavy atom. The zero-order valence-electron chi connectivity index (χ0n) is 14.3. The van der Waals surface area contributed by atoms with E-state index >= 15 is 0 Å². The summed E-state index contributed by atoms with van der Waals surface area (Å²) in [6.45, 7) is 3.80. The van der Waals surface area contributed by atoms with Crippen LogP contribution in [0.5, 0.6) is 0 Å². The molecule has 0 radical (unpaired) electrons. The van der Waals surface area contributed by atoms with Crippen LogP contribution in [0.3, 0.4) is 0 Å². The molecule has 2 aromatic rings. The Kier molecular flexibility index (Phi) is 7.00. The van der Waals surface area contributed by atoms with Crippen molar-refractivity contribution >= 4 is 35.1 Å². The lowest BCUT2D eigenvalue weighted by molar-refractivity contribution is -0.129. The fourth-order valence-corrected chi connectivity index (χ4v) is 2.71. The molecule has 0 aliphatic heterocycles. The first-order valence-electron chi connectivity index (χ1n) is 7.97. The fraction of sp³-hybridized carbons (Fsp3) is 0.263. The van der Waals surface area contributed by atoms with Crippen molar-refractivity contribution in [3.63, 3.8) is 0 Å². The van der Waals surface area contributed by atoms with Crippen molar-refractivity contribution in [3.05, 3.63) is 69.5 Å². The van der Waals surface area contributed by atoms with E-state index in [1.165, 1.54) is 6.92 Å². The van der Waals surface area contributed by atoms with E-state index in [9.17, 15) is 14.0 Å². The summed E-state index contributed by atoms with van der Waals surface area (Å²) in [5.41, 5.74) is 0.895. The summed E-state index contributed by atoms with van der Waals surface area (Å²) in [6.07, 6.45) is -1.06. The van der Waals surface area contributed by atoms with Gasteiger partial charge in [-0.25, -0.2) is 9.18 Å². The first-order valence-corrected chi connectivity index (χ1v) is 8.73. The van der Waals surface area contributed by atoms with E-state index in [4.69, 9.17) is 27.9 Å². The normalized spacial score (nSPS) is 13.0. The van der Waals surface area contributed by atoms with E-state index in [0.29, 0.717) is 6.54 Å². The second kappa shape index (κ2) is 9.01. The maximum Gasteiger partial charge on any atom is 0.340 e. The van der Waals surface area contributed by atoms with E-state index < -0.39 is 23.8 Å². The predicted molar refractivity (Wildman–Crippen MR) is 99.2 cm³/mol. The van der Waals surface area contributed by atoms with Gasteiger partial charge in [0.05, 0.1) is 15.6 Å². The standard InChI is InChI=1S/C19H18Cl2FNO3/c1-11(13-6-4-3-5-7-13)10-23-18(24)12(2)26-19(25)14-8-17(22)16(21)9-15(14)20/h3-9,11-12H,10H2,1-2H3,(H,23,24)/t11-,12-/m0/s1. The van der Waals surface area contributed by atoms with Gasteiger partial charge in [0.2, 0.25) is 0 Å². The second-order valence-corrected chi connectivity index (χ2v) is 6.66. The average Bonchev–Trinajstić information content (AvgIpc) is 2.62. The smallest absolute Gasteiger partial charge is 0.340 e. The number of carbonyl (C=O) groups is 2. The molecule has 0 aromatic heterocycles. The number of carbonyl (C=O) groups excluding carboxylic acids is 2. The van der Waals surface area contributed by atoms with Gasteiger partial charge in [0.15, 0.2) is 6.10 Å². The summed E-state index contributed by atoms with van der Waals surface area (Å²) in [6, 6.07) is 11.7. The number of halogens is 3. The molecule has 0 heterocycles. The number of benzene rings is 2. The van der Waals surface area contributed by atoms with Crippen LogP contribution in [0.1, 0.15) is 35.7 Å². The minimum absolute atomic E-state index is 0.0493. The Bertz CT molecular complexity index is 799. The monoisotopic (exact) mass is 397 g/mol. The number of ether oxygens (including phenoxy) is 1. The van der Waals surface area contributed by atoms with E-state index in [-0.39, 0.29) is 21.5 Å². The molecule has 0 saturated carbocycles. The van der Waals surface area contributed by atoms with E-state index in [1.54, 1.807) is 0 Å². The number of esters is 1. The van der Waals surface area contributed by atoms with Gasteiger partial charge < -0.3 is 10.1 Å². The molecule has 0 spiro atoms. The zero-order valence-corrected chi connectivity index (χ0v) is 15.8. The largest absolute Gasteiger partial charge is 0.449 e. The molecule has 138 valence electrons. The molecule has 0 aliphatic carbocycles. The lowest BCUT2D eigenvalue weighted by atomic mass is 10.0. The van der Waals surface area contributed by atoms with Crippen LogP contribution >= 0.6 is 23.2 Å². The molecule has 1 amide bonds. The maximum atomic E-state index is 13.5. The molecule has 0 bridgehead atoms. The van der Waals surface area contributed by atoms with Crippen molar-refractivity contribution in [1.29, 1.82) is 0 Å². The molecular formula is C19H18Cl2FNO3. The van der Waals surface area contributed by atoms with Crippen LogP contribution < -0.4 is 5.32 Å². The third-order valence-corrected chi connectivity index (χ3v) is 4.44. The minimum atomic E-state index is -1.06. The minimum Gasteiger partial charge on any atom is -0.449 e. The van der Waals surface area contributed by atoms with Gasteiger partial charge in [0, 0.05) is 6.54 Å². The SMILES string of the molecule is C[C@H](OC(=O)c1cc(F)c(Cl)cc1Cl)C(=O)NC[C@H](C)c1ccccc1. The van der Waals surface area contributed by atoms with Gasteiger partial charge in [-0.05, 0) is 30.5 Å². The first-order chi connectivity index (χ1) is 12.3. The van der Waals surface area contributed by atoms with Gasteiger partial charge >= 0.3 is 5.97 Å². The third kappa shape index (κ3) is 5.19. The highest BCUT2D eigenvalue weighted by Gasteiger charge is 2.22. The van der Waals surface area contributed by atoms with E-state index in [0.717, 1.165) is 17.7 Å². The quantitative estimate of drug-likeness (QED) is 0.572. The molecule has 0 unspecified atom stereocenters. The summed E-state index contributed by atoms with van der Waals surface area (Å²) in [7, 11) is 0. The third-order valence-electron chi connectivity index (χ3n) is 3.83. The van der Waals surface area contributed by atoms with Gasteiger partial charge in [-0.1, -0.05) is 60.5 Å². The van der Waals surface area contributed by atoms with Crippen LogP contribution in [0.15, 0.2) is 42.5 Å². The molecule has 26 heavy (non-hydrogen) atoms. The van der Waals surface area contributed by atoms with Crippen LogP contribution in [-0.4, -0.2) is 24.5 Å². The highest BCUT2D eigenvalue weighted by Crippen LogP contribution is 2.25. The number of rotatable bonds is 6. The zero-order chi connectivity index (χ0) is 19.3. The Morgan fingerprint density at radius 3 is 2.42 bits per heavy atom. The van der Waals surface area contributed by atoms with E-state index in [1.807, 2.05) is 37.3 Å². The molecule has 0 aliphatic rings. The van der Waals surface area contributed by atoms with Crippen molar-refractivity contribution in [1.82, 2.24) is 5.32 Å². The number of hydrogen-bond acceptors (Lipinski definition) is 3. The van der Waals surface area contributed by atoms with Crippen molar-refractivity contribution in [2.45, 2.75) is 25.9 Å². The number of hydrogen-bond donors (Lipinski definition) is 1. The second-order valence-electron chi connectivity index (χ2n) is 5.85. The van der Waals surface area contributed by atoms with Crippen molar-refractivity contribution in [3.8, 4) is 0 Å². The number of nitrogens with one attached hydrogen (secondary N) is 1. The van der Waals surface area contributed by atoms with Crippen LogP contribution in [0.25, 0.3) is 0 Å². The van der Waals surface area contributed by atoms with Crippen LogP contribution in [0.4, 0.5) is 4.39 Å². The molecule has 2 rings (SSSR count). The van der Waals surface area contributed by atoms with Crippen LogP contribution in [0, 0.1) is 5.82 Å².